The highest BCUT2D eigenvalue weighted by atomic mass is 32.2. The lowest BCUT2D eigenvalue weighted by molar-refractivity contribution is 0.251. The molecule has 0 saturated heterocycles. The minimum absolute atomic E-state index is 0.0704. The first-order valence-electron chi connectivity index (χ1n) is 9.88. The summed E-state index contributed by atoms with van der Waals surface area (Å²) in [5.41, 5.74) is 3.46. The fourth-order valence-corrected chi connectivity index (χ4v) is 4.01. The summed E-state index contributed by atoms with van der Waals surface area (Å²) in [7, 11) is -1.90. The Labute approximate surface area is 177 Å². The first kappa shape index (κ1) is 21.9. The fraction of sp³-hybridized carbons (Fsp3) is 0.318. The van der Waals surface area contributed by atoms with Crippen LogP contribution < -0.4 is 15.4 Å². The molecule has 30 heavy (non-hydrogen) atoms. The van der Waals surface area contributed by atoms with E-state index in [1.54, 1.807) is 12.1 Å². The molecule has 0 aliphatic carbocycles. The van der Waals surface area contributed by atoms with Crippen molar-refractivity contribution in [3.8, 4) is 0 Å². The molecule has 0 radical (unpaired) electrons. The predicted molar refractivity (Wildman–Crippen MR) is 121 cm³/mol. The number of aromatic nitrogens is 1. The average molecular weight is 429 g/mol. The van der Waals surface area contributed by atoms with Gasteiger partial charge in [0.2, 0.25) is 10.0 Å². The fourth-order valence-electron chi connectivity index (χ4n) is 3.23. The second-order valence-electron chi connectivity index (χ2n) is 7.72. The summed E-state index contributed by atoms with van der Waals surface area (Å²) in [6.07, 6.45) is 2.07. The zero-order valence-corrected chi connectivity index (χ0v) is 18.3. The Bertz CT molecular complexity index is 1120. The Balaban J connectivity index is 1.55. The number of nitrogens with zero attached hydrogens (tertiary/aromatic N) is 1. The zero-order chi connectivity index (χ0) is 21.7. The van der Waals surface area contributed by atoms with E-state index in [1.807, 2.05) is 30.3 Å². The van der Waals surface area contributed by atoms with Crippen LogP contribution in [0.3, 0.4) is 0 Å². The number of fused-ring (bicyclic) bond motifs is 1. The lowest BCUT2D eigenvalue weighted by Gasteiger charge is -2.10. The van der Waals surface area contributed by atoms with E-state index < -0.39 is 10.0 Å². The maximum absolute atomic E-state index is 12.3. The predicted octanol–water partition coefficient (Wildman–Crippen LogP) is 3.67. The molecule has 1 aromatic heterocycles. The smallest absolute Gasteiger partial charge is 0.319 e. The number of nitrogens with one attached hydrogen (secondary N) is 3. The van der Waals surface area contributed by atoms with Gasteiger partial charge >= 0.3 is 6.03 Å². The van der Waals surface area contributed by atoms with Crippen molar-refractivity contribution in [1.82, 2.24) is 14.6 Å². The lowest BCUT2D eigenvalue weighted by atomic mass is 10.1. The van der Waals surface area contributed by atoms with Gasteiger partial charge < -0.3 is 15.2 Å². The van der Waals surface area contributed by atoms with Gasteiger partial charge in [-0.3, -0.25) is 0 Å². The highest BCUT2D eigenvalue weighted by Gasteiger charge is 2.09. The second-order valence-corrected chi connectivity index (χ2v) is 9.65. The van der Waals surface area contributed by atoms with Crippen molar-refractivity contribution in [2.24, 2.45) is 5.92 Å². The van der Waals surface area contributed by atoms with Gasteiger partial charge in [0.15, 0.2) is 0 Å². The molecule has 0 bridgehead atoms. The van der Waals surface area contributed by atoms with Crippen molar-refractivity contribution in [3.05, 3.63) is 65.9 Å². The van der Waals surface area contributed by atoms with E-state index in [2.05, 4.69) is 46.0 Å². The quantitative estimate of drug-likeness (QED) is 0.511. The van der Waals surface area contributed by atoms with Gasteiger partial charge in [0.25, 0.3) is 0 Å². The van der Waals surface area contributed by atoms with E-state index in [4.69, 9.17) is 0 Å². The maximum Gasteiger partial charge on any atom is 0.319 e. The molecule has 0 aliphatic rings. The number of carbonyl (C=O) groups excluding carboxylic acids is 1. The molecule has 3 aromatic rings. The summed E-state index contributed by atoms with van der Waals surface area (Å²) < 4.78 is 27.7. The Morgan fingerprint density at radius 3 is 2.40 bits per heavy atom. The van der Waals surface area contributed by atoms with Gasteiger partial charge in [0.05, 0.1) is 5.75 Å². The van der Waals surface area contributed by atoms with E-state index in [0.29, 0.717) is 18.0 Å². The van der Waals surface area contributed by atoms with Crippen LogP contribution in [-0.2, 0) is 28.9 Å². The van der Waals surface area contributed by atoms with Gasteiger partial charge in [-0.25, -0.2) is 17.9 Å². The topological polar surface area (TPSA) is 92.2 Å². The molecule has 160 valence electrons. The minimum atomic E-state index is -3.30. The van der Waals surface area contributed by atoms with E-state index in [1.165, 1.54) is 7.05 Å². The molecule has 2 amide bonds. The third kappa shape index (κ3) is 5.84. The molecule has 0 aliphatic heterocycles. The van der Waals surface area contributed by atoms with Gasteiger partial charge in [-0.15, -0.1) is 0 Å². The van der Waals surface area contributed by atoms with Crippen LogP contribution in [0.1, 0.15) is 25.0 Å². The van der Waals surface area contributed by atoms with Crippen molar-refractivity contribution in [3.63, 3.8) is 0 Å². The minimum Gasteiger partial charge on any atom is -0.347 e. The van der Waals surface area contributed by atoms with E-state index in [0.717, 1.165) is 28.7 Å². The van der Waals surface area contributed by atoms with Crippen molar-refractivity contribution in [2.75, 3.05) is 12.4 Å². The molecule has 3 rings (SSSR count). The highest BCUT2D eigenvalue weighted by molar-refractivity contribution is 7.88. The number of anilines is 1. The summed E-state index contributed by atoms with van der Waals surface area (Å²) in [5.74, 6) is 0.491. The molecule has 3 N–H and O–H groups in total. The molecule has 8 heteroatoms. The number of urea groups is 1. The Morgan fingerprint density at radius 1 is 1.03 bits per heavy atom. The lowest BCUT2D eigenvalue weighted by Crippen LogP contribution is -2.28. The summed E-state index contributed by atoms with van der Waals surface area (Å²) in [5, 5.41) is 6.76. The van der Waals surface area contributed by atoms with Crippen LogP contribution in [-0.4, -0.2) is 26.1 Å². The van der Waals surface area contributed by atoms with Crippen molar-refractivity contribution in [1.29, 1.82) is 0 Å². The third-order valence-electron chi connectivity index (χ3n) is 4.73. The van der Waals surface area contributed by atoms with Gasteiger partial charge in [-0.05, 0) is 48.4 Å². The van der Waals surface area contributed by atoms with E-state index in [9.17, 15) is 13.2 Å². The standard InChI is InChI=1S/C22H28N4O3S/c1-16(2)14-26-11-10-19-12-20(8-9-21(19)26)25-22(27)24-13-17-4-6-18(7-5-17)15-30(28,29)23-3/h4-12,16,23H,13-15H2,1-3H3,(H2,24,25,27). The van der Waals surface area contributed by atoms with Gasteiger partial charge in [0.1, 0.15) is 0 Å². The van der Waals surface area contributed by atoms with Crippen LogP contribution in [0.2, 0.25) is 0 Å². The van der Waals surface area contributed by atoms with E-state index in [-0.39, 0.29) is 11.8 Å². The van der Waals surface area contributed by atoms with Crippen molar-refractivity contribution in [2.45, 2.75) is 32.7 Å². The molecule has 1 heterocycles. The number of hydrogen-bond acceptors (Lipinski definition) is 3. The number of rotatable bonds is 8. The third-order valence-corrected chi connectivity index (χ3v) is 6.07. The number of carbonyl (C=O) groups is 1. The molecular formula is C22H28N4O3S. The first-order valence-corrected chi connectivity index (χ1v) is 11.5. The summed E-state index contributed by atoms with van der Waals surface area (Å²) in [6, 6.07) is 14.8. The van der Waals surface area contributed by atoms with Crippen LogP contribution in [0.4, 0.5) is 10.5 Å². The molecule has 2 aromatic carbocycles. The Kier molecular flexibility index (Phi) is 6.79. The summed E-state index contributed by atoms with van der Waals surface area (Å²) in [4.78, 5) is 12.3. The van der Waals surface area contributed by atoms with E-state index >= 15 is 0 Å². The SMILES string of the molecule is CNS(=O)(=O)Cc1ccc(CNC(=O)Nc2ccc3c(ccn3CC(C)C)c2)cc1. The molecule has 0 fully saturated rings. The van der Waals surface area contributed by atoms with Crippen LogP contribution >= 0.6 is 0 Å². The number of hydrogen-bond donors (Lipinski definition) is 3. The van der Waals surface area contributed by atoms with Gasteiger partial charge in [-0.1, -0.05) is 38.1 Å². The van der Waals surface area contributed by atoms with Crippen LogP contribution in [0.15, 0.2) is 54.7 Å². The summed E-state index contributed by atoms with van der Waals surface area (Å²) in [6.45, 7) is 5.67. The number of amides is 2. The second kappa shape index (κ2) is 9.32. The molecule has 0 atom stereocenters. The number of sulfonamides is 1. The van der Waals surface area contributed by atoms with Gasteiger partial charge in [-0.2, -0.15) is 0 Å². The number of benzene rings is 2. The Hall–Kier alpha value is -2.84. The normalized spacial score (nSPS) is 11.7. The van der Waals surface area contributed by atoms with Crippen LogP contribution in [0.25, 0.3) is 10.9 Å². The monoisotopic (exact) mass is 428 g/mol. The largest absolute Gasteiger partial charge is 0.347 e. The van der Waals surface area contributed by atoms with Crippen LogP contribution in [0.5, 0.6) is 0 Å². The molecule has 7 nitrogen and oxygen atoms in total. The van der Waals surface area contributed by atoms with Crippen molar-refractivity contribution >= 4 is 32.6 Å². The van der Waals surface area contributed by atoms with Crippen LogP contribution in [0, 0.1) is 5.92 Å². The maximum atomic E-state index is 12.3. The molecular weight excluding hydrogens is 400 g/mol. The zero-order valence-electron chi connectivity index (χ0n) is 17.5. The van der Waals surface area contributed by atoms with Gasteiger partial charge in [0, 0.05) is 35.9 Å². The highest BCUT2D eigenvalue weighted by Crippen LogP contribution is 2.21. The molecule has 0 saturated carbocycles. The van der Waals surface area contributed by atoms with Crippen molar-refractivity contribution < 1.29 is 13.2 Å². The summed E-state index contributed by atoms with van der Waals surface area (Å²) >= 11 is 0. The average Bonchev–Trinajstić information content (AvgIpc) is 3.08. The Morgan fingerprint density at radius 2 is 1.73 bits per heavy atom. The molecule has 0 spiro atoms. The molecule has 0 unspecified atom stereocenters. The first-order chi connectivity index (χ1) is 14.3.